The van der Waals surface area contributed by atoms with Crippen molar-refractivity contribution in [1.29, 1.82) is 0 Å². The van der Waals surface area contributed by atoms with Crippen molar-refractivity contribution < 1.29 is 34.8 Å². The summed E-state index contributed by atoms with van der Waals surface area (Å²) in [6.07, 6.45) is -0.368. The maximum atomic E-state index is 12.1. The molecule has 1 aliphatic heterocycles. The summed E-state index contributed by atoms with van der Waals surface area (Å²) in [6.45, 7) is 7.12. The second kappa shape index (κ2) is 5.40. The van der Waals surface area contributed by atoms with Crippen LogP contribution in [-0.2, 0) is 14.3 Å². The van der Waals surface area contributed by atoms with E-state index in [1.54, 1.807) is 0 Å². The van der Waals surface area contributed by atoms with Crippen LogP contribution in [0.25, 0.3) is 0 Å². The second-order valence-electron chi connectivity index (χ2n) is 7.20. The Labute approximate surface area is 139 Å². The molecule has 6 atom stereocenters. The molecule has 0 spiro atoms. The van der Waals surface area contributed by atoms with E-state index in [2.05, 4.69) is 13.2 Å². The quantitative estimate of drug-likeness (QED) is 0.430. The lowest BCUT2D eigenvalue weighted by Gasteiger charge is -2.30. The van der Waals surface area contributed by atoms with Crippen LogP contribution in [0.5, 0.6) is 0 Å². The number of carboxylic acids is 1. The van der Waals surface area contributed by atoms with Gasteiger partial charge in [-0.25, -0.2) is 4.79 Å². The standard InChI is InChI=1S/C17H22O7/c1-8-3-4-11-14(24-15(21)17(11,23)7-18)13-9(2)16(22,5-10(8)13)6-12(19)20/h10-11,13-14,18,22-23H,1-7H2,(H,19,20)/p-1/t10-,11+,13-,14-,16+,17-/m0/s1. The number of hydrogen-bond acceptors (Lipinski definition) is 7. The highest BCUT2D eigenvalue weighted by Crippen LogP contribution is 2.56. The Bertz CT molecular complexity index is 626. The van der Waals surface area contributed by atoms with Gasteiger partial charge in [0.25, 0.3) is 0 Å². The number of aliphatic hydroxyl groups is 3. The minimum atomic E-state index is -1.99. The molecule has 0 amide bonds. The monoisotopic (exact) mass is 337 g/mol. The Morgan fingerprint density at radius 2 is 2.04 bits per heavy atom. The average molecular weight is 337 g/mol. The van der Waals surface area contributed by atoms with E-state index in [9.17, 15) is 30.0 Å². The van der Waals surface area contributed by atoms with Crippen molar-refractivity contribution >= 4 is 11.9 Å². The molecule has 7 heteroatoms. The van der Waals surface area contributed by atoms with Gasteiger partial charge in [0.05, 0.1) is 12.2 Å². The van der Waals surface area contributed by atoms with Gasteiger partial charge in [0.15, 0.2) is 5.60 Å². The summed E-state index contributed by atoms with van der Waals surface area (Å²) < 4.78 is 5.36. The minimum Gasteiger partial charge on any atom is -0.550 e. The van der Waals surface area contributed by atoms with Gasteiger partial charge in [-0.2, -0.15) is 0 Å². The second-order valence-corrected chi connectivity index (χ2v) is 7.20. The lowest BCUT2D eigenvalue weighted by atomic mass is 9.77. The van der Waals surface area contributed by atoms with E-state index >= 15 is 0 Å². The predicted molar refractivity (Wildman–Crippen MR) is 79.1 cm³/mol. The van der Waals surface area contributed by atoms with E-state index in [0.29, 0.717) is 12.8 Å². The molecule has 0 radical (unpaired) electrons. The fourth-order valence-corrected chi connectivity index (χ4v) is 4.59. The molecule has 0 aromatic heterocycles. The SMILES string of the molecule is C=C1CC[C@@H]2[C@H](OC(=O)[C@]2(O)CO)[C@H]2C(=C)[C@](O)(CC(=O)[O-])C[C@@H]12. The highest BCUT2D eigenvalue weighted by atomic mass is 16.6. The Morgan fingerprint density at radius 3 is 2.62 bits per heavy atom. The summed E-state index contributed by atoms with van der Waals surface area (Å²) in [5.41, 5.74) is -2.61. The number of aliphatic carboxylic acids is 1. The maximum absolute atomic E-state index is 12.1. The summed E-state index contributed by atoms with van der Waals surface area (Å²) in [5.74, 6) is -3.80. The van der Waals surface area contributed by atoms with Crippen molar-refractivity contribution in [2.75, 3.05) is 6.61 Å². The molecule has 0 aromatic rings. The van der Waals surface area contributed by atoms with Gasteiger partial charge in [-0.15, -0.1) is 0 Å². The van der Waals surface area contributed by atoms with E-state index in [-0.39, 0.29) is 17.9 Å². The molecule has 132 valence electrons. The van der Waals surface area contributed by atoms with Crippen LogP contribution in [0.3, 0.4) is 0 Å². The van der Waals surface area contributed by atoms with Crippen LogP contribution in [0, 0.1) is 17.8 Å². The molecule has 3 aliphatic rings. The van der Waals surface area contributed by atoms with E-state index in [1.165, 1.54) is 0 Å². The topological polar surface area (TPSA) is 127 Å². The Kier molecular flexibility index (Phi) is 3.86. The molecule has 3 fully saturated rings. The van der Waals surface area contributed by atoms with Gasteiger partial charge < -0.3 is 30.0 Å². The number of aliphatic hydroxyl groups excluding tert-OH is 1. The van der Waals surface area contributed by atoms with Gasteiger partial charge in [0.1, 0.15) is 6.10 Å². The molecule has 1 heterocycles. The van der Waals surface area contributed by atoms with Crippen molar-refractivity contribution in [3.8, 4) is 0 Å². The van der Waals surface area contributed by atoms with Gasteiger partial charge in [-0.3, -0.25) is 0 Å². The smallest absolute Gasteiger partial charge is 0.341 e. The molecule has 2 saturated carbocycles. The molecule has 0 unspecified atom stereocenters. The van der Waals surface area contributed by atoms with Crippen molar-refractivity contribution in [1.82, 2.24) is 0 Å². The summed E-state index contributed by atoms with van der Waals surface area (Å²) in [6, 6.07) is 0. The molecule has 24 heavy (non-hydrogen) atoms. The average Bonchev–Trinajstić information content (AvgIpc) is 2.83. The molecule has 2 aliphatic carbocycles. The number of allylic oxidation sites excluding steroid dienone is 1. The first-order valence-electron chi connectivity index (χ1n) is 7.97. The lowest BCUT2D eigenvalue weighted by Crippen LogP contribution is -2.46. The van der Waals surface area contributed by atoms with Gasteiger partial charge >= 0.3 is 5.97 Å². The molecule has 3 rings (SSSR count). The fourth-order valence-electron chi connectivity index (χ4n) is 4.59. The van der Waals surface area contributed by atoms with E-state index in [0.717, 1.165) is 5.57 Å². The van der Waals surface area contributed by atoms with E-state index in [4.69, 9.17) is 4.74 Å². The van der Waals surface area contributed by atoms with Crippen molar-refractivity contribution in [3.63, 3.8) is 0 Å². The van der Waals surface area contributed by atoms with Crippen LogP contribution in [0.2, 0.25) is 0 Å². The first-order valence-corrected chi connectivity index (χ1v) is 7.97. The Balaban J connectivity index is 2.01. The number of carbonyl (C=O) groups excluding carboxylic acids is 2. The highest BCUT2D eigenvalue weighted by Gasteiger charge is 2.63. The van der Waals surface area contributed by atoms with Crippen LogP contribution in [0.15, 0.2) is 24.3 Å². The lowest BCUT2D eigenvalue weighted by molar-refractivity contribution is -0.308. The summed E-state index contributed by atoms with van der Waals surface area (Å²) >= 11 is 0. The fraction of sp³-hybridized carbons (Fsp3) is 0.647. The van der Waals surface area contributed by atoms with Gasteiger partial charge in [0, 0.05) is 24.2 Å². The van der Waals surface area contributed by atoms with Crippen LogP contribution in [0.1, 0.15) is 25.7 Å². The maximum Gasteiger partial charge on any atom is 0.341 e. The number of esters is 1. The first-order chi connectivity index (χ1) is 11.1. The van der Waals surface area contributed by atoms with Crippen LogP contribution >= 0.6 is 0 Å². The van der Waals surface area contributed by atoms with Crippen LogP contribution in [0.4, 0.5) is 0 Å². The summed E-state index contributed by atoms with van der Waals surface area (Å²) in [4.78, 5) is 23.1. The third-order valence-electron chi connectivity index (χ3n) is 5.93. The number of carboxylic acid groups (broad SMARTS) is 1. The molecule has 0 bridgehead atoms. The Morgan fingerprint density at radius 1 is 1.38 bits per heavy atom. The minimum absolute atomic E-state index is 0.113. The number of ether oxygens (including phenoxy) is 1. The molecule has 7 nitrogen and oxygen atoms in total. The third-order valence-corrected chi connectivity index (χ3v) is 5.93. The van der Waals surface area contributed by atoms with Crippen LogP contribution < -0.4 is 5.11 Å². The van der Waals surface area contributed by atoms with Crippen molar-refractivity contribution in [2.24, 2.45) is 17.8 Å². The number of fused-ring (bicyclic) bond motifs is 3. The first kappa shape index (κ1) is 17.1. The van der Waals surface area contributed by atoms with E-state index in [1.807, 2.05) is 0 Å². The number of rotatable bonds is 3. The number of hydrogen-bond donors (Lipinski definition) is 3. The van der Waals surface area contributed by atoms with E-state index < -0.39 is 54.1 Å². The molecule has 0 aromatic carbocycles. The molecule has 3 N–H and O–H groups in total. The van der Waals surface area contributed by atoms with Crippen molar-refractivity contribution in [3.05, 3.63) is 24.3 Å². The zero-order valence-electron chi connectivity index (χ0n) is 13.2. The normalized spacial score (nSPS) is 44.7. The van der Waals surface area contributed by atoms with Crippen LogP contribution in [-0.4, -0.2) is 51.2 Å². The zero-order chi connectivity index (χ0) is 17.9. The molecule has 1 saturated heterocycles. The van der Waals surface area contributed by atoms with Gasteiger partial charge in [0.2, 0.25) is 0 Å². The Hall–Kier alpha value is -1.70. The predicted octanol–water partition coefficient (Wildman–Crippen LogP) is -1.34. The third kappa shape index (κ3) is 2.22. The van der Waals surface area contributed by atoms with Gasteiger partial charge in [-0.1, -0.05) is 18.7 Å². The highest BCUT2D eigenvalue weighted by molar-refractivity contribution is 5.82. The number of carbonyl (C=O) groups is 2. The largest absolute Gasteiger partial charge is 0.550 e. The summed E-state index contributed by atoms with van der Waals surface area (Å²) in [5, 5.41) is 41.7. The van der Waals surface area contributed by atoms with Crippen molar-refractivity contribution in [2.45, 2.75) is 43.0 Å². The van der Waals surface area contributed by atoms with Gasteiger partial charge in [-0.05, 0) is 30.8 Å². The molecular formula is C17H21O7-. The zero-order valence-corrected chi connectivity index (χ0v) is 13.2. The summed E-state index contributed by atoms with van der Waals surface area (Å²) in [7, 11) is 0. The molecular weight excluding hydrogens is 316 g/mol.